The molecule has 65 nitrogen and oxygen atoms in total. The number of aliphatic hydroxyl groups excluding tert-OH is 39. The first kappa shape index (κ1) is 116. The molecule has 0 spiro atoms. The molecule has 0 aromatic carbocycles. The van der Waals surface area contributed by atoms with Crippen LogP contribution in [0.3, 0.4) is 0 Å². The number of rotatable bonds is 25. The van der Waals surface area contributed by atoms with Gasteiger partial charge in [-0.2, -0.15) is 0 Å². The van der Waals surface area contributed by atoms with Gasteiger partial charge in [0.15, 0.2) is 81.8 Å². The van der Waals surface area contributed by atoms with Crippen molar-refractivity contribution < 1.29 is 322 Å². The fraction of sp³-hybridized carbons (Fsp3) is 1.00. The van der Waals surface area contributed by atoms with Crippen molar-refractivity contribution in [3.63, 3.8) is 0 Å². The Morgan fingerprint density at radius 1 is 0.126 bits per heavy atom. The van der Waals surface area contributed by atoms with Gasteiger partial charge in [-0.25, -0.2) is 0 Å². The highest BCUT2D eigenvalue weighted by atomic mass is 16.8. The fourth-order valence-corrected chi connectivity index (χ4v) is 19.1. The van der Waals surface area contributed by atoms with Gasteiger partial charge in [-0.3, -0.25) is 0 Å². The van der Waals surface area contributed by atoms with Crippen molar-refractivity contribution in [2.24, 2.45) is 0 Å². The van der Waals surface area contributed by atoms with E-state index in [0.717, 1.165) is 0 Å². The molecule has 0 aromatic heterocycles. The van der Waals surface area contributed by atoms with Gasteiger partial charge < -0.3 is 322 Å². The Balaban J connectivity index is 0.712. The molecule has 0 unspecified atom stereocenters. The van der Waals surface area contributed by atoms with E-state index in [-0.39, 0.29) is 0 Å². The maximum atomic E-state index is 12.2. The van der Waals surface area contributed by atoms with E-state index >= 15 is 0 Å². The van der Waals surface area contributed by atoms with E-state index < -0.39 is 485 Å². The van der Waals surface area contributed by atoms with Crippen LogP contribution >= 0.6 is 0 Å². The largest absolute Gasteiger partial charge is 0.394 e. The van der Waals surface area contributed by atoms with Crippen LogP contribution in [0.1, 0.15) is 0 Å². The van der Waals surface area contributed by atoms with Gasteiger partial charge in [0.05, 0.1) is 85.9 Å². The zero-order chi connectivity index (χ0) is 104. The van der Waals surface area contributed by atoms with E-state index in [1.54, 1.807) is 0 Å². The van der Waals surface area contributed by atoms with Crippen molar-refractivity contribution in [3.8, 4) is 0 Å². The highest BCUT2D eigenvalue weighted by Crippen LogP contribution is 2.44. The molecule has 65 atom stereocenters. The Hall–Kier alpha value is -2.60. The fourth-order valence-electron chi connectivity index (χ4n) is 19.1. The summed E-state index contributed by atoms with van der Waals surface area (Å²) in [6.07, 6.45) is -143. The molecule has 27 saturated heterocycles. The highest BCUT2D eigenvalue weighted by molar-refractivity contribution is 5.06. The monoisotopic (exact) mass is 2110 g/mol. The van der Waals surface area contributed by atoms with Gasteiger partial charge in [0, 0.05) is 0 Å². The van der Waals surface area contributed by atoms with Crippen molar-refractivity contribution in [2.45, 2.75) is 399 Å². The predicted octanol–water partition coefficient (Wildman–Crippen LogP) is -28.3. The molecule has 39 N–H and O–H groups in total. The first-order chi connectivity index (χ1) is 68.0. The van der Waals surface area contributed by atoms with Crippen molar-refractivity contribution in [1.82, 2.24) is 0 Å². The van der Waals surface area contributed by atoms with Crippen LogP contribution in [0.2, 0.25) is 0 Å². The summed E-state index contributed by atoms with van der Waals surface area (Å²) in [7, 11) is 0. The average molecular weight is 2110 g/mol. The SMILES string of the molecule is OC[C@H]1O[C@@H](O[C@@H]2[C@H](O)[C@@H](O)[C@H](O[C@H]3[C@H](O)[C@@H](O)[C@H](OC[C@H]4O[C@@H]5O[C@H]6[C@H](O)[C@@H](O)[C@@H](O[C@H]7[C@H](O)[C@@H](O)[C@@H](O[C@H]8[C@H](O)[C@@H](O)[C@@H](O[C@H]9[C@H](O)[C@@H](O)[C@@H](O[C@H]%10[C@H](O)[C@@H](O)[C@@H](O[C@H]%11[C@H](O)[C@@H](O)[C@@H](O[C@H]4[C@H](O)[C@H]5O)O[C@@H]%11CO)O[C@@H]%10CO)O[C@@H]9CO)O[C@@H]8CO[C@@H]4O[C@H](CO)[C@@H](O[C@@H]5O[C@H](CO)[C@H](O[C@@H]8O[C@H](CO)[C@H](O)[C@H](O)[C@H]8O)[C@H](O)[C@H]5O)[C@H](O)[C@H]4O)O[C@@H]7CO)O[C@@H]6CO)O[C@@H]3CO)O[C@@H]2CO)[C@H](O)[C@@H](O)[C@H]1O. The van der Waals surface area contributed by atoms with Crippen LogP contribution < -0.4 is 0 Å². The van der Waals surface area contributed by atoms with E-state index in [1.807, 2.05) is 0 Å². The summed E-state index contributed by atoms with van der Waals surface area (Å²) in [5, 5.41) is 438. The van der Waals surface area contributed by atoms with E-state index in [9.17, 15) is 199 Å². The average Bonchev–Trinajstić information content (AvgIpc) is 0.818. The number of ether oxygens (including phenoxy) is 26. The zero-order valence-corrected chi connectivity index (χ0v) is 74.8. The molecule has 27 aliphatic rings. The second kappa shape index (κ2) is 49.9. The molecule has 0 aliphatic carbocycles. The molecule has 0 saturated carbocycles. The van der Waals surface area contributed by atoms with Crippen LogP contribution in [0.4, 0.5) is 0 Å². The Morgan fingerprint density at radius 2 is 0.280 bits per heavy atom. The normalized spacial score (nSPS) is 54.9. The lowest BCUT2D eigenvalue weighted by atomic mass is 9.95. The van der Waals surface area contributed by atoms with E-state index in [0.29, 0.717) is 0 Å². The van der Waals surface area contributed by atoms with Gasteiger partial charge in [-0.1, -0.05) is 0 Å². The maximum absolute atomic E-state index is 12.2. The molecule has 0 amide bonds. The molecule has 143 heavy (non-hydrogen) atoms. The topological polar surface area (TPSA) is 1030 Å². The number of hydrogen-bond acceptors (Lipinski definition) is 65. The van der Waals surface area contributed by atoms with Crippen LogP contribution in [0.5, 0.6) is 0 Å². The van der Waals surface area contributed by atoms with Crippen molar-refractivity contribution >= 4 is 0 Å². The summed E-state index contributed by atoms with van der Waals surface area (Å²) in [6.45, 7) is -15.2. The Morgan fingerprint density at radius 3 is 0.469 bits per heavy atom. The van der Waals surface area contributed by atoms with Gasteiger partial charge >= 0.3 is 0 Å². The minimum Gasteiger partial charge on any atom is -0.394 e. The molecule has 0 radical (unpaired) electrons. The molecular formula is C78H130O65. The number of hydrogen-bond donors (Lipinski definition) is 39. The highest BCUT2D eigenvalue weighted by Gasteiger charge is 2.64. The molecule has 14 bridgehead atoms. The molecule has 27 rings (SSSR count). The zero-order valence-electron chi connectivity index (χ0n) is 74.8. The third-order valence-corrected chi connectivity index (χ3v) is 27.4. The van der Waals surface area contributed by atoms with Gasteiger partial charge in [-0.05, 0) is 0 Å². The maximum Gasteiger partial charge on any atom is 0.187 e. The van der Waals surface area contributed by atoms with Gasteiger partial charge in [0.25, 0.3) is 0 Å². The Bertz CT molecular complexity index is 3670. The van der Waals surface area contributed by atoms with E-state index in [1.165, 1.54) is 0 Å². The quantitative estimate of drug-likeness (QED) is 0.0404. The third-order valence-electron chi connectivity index (χ3n) is 27.4. The second-order valence-electron chi connectivity index (χ2n) is 36.6. The van der Waals surface area contributed by atoms with Crippen LogP contribution in [-0.4, -0.2) is 684 Å². The first-order valence-corrected chi connectivity index (χ1v) is 45.7. The number of aliphatic hydroxyl groups is 39. The summed E-state index contributed by atoms with van der Waals surface area (Å²) < 4.78 is 151. The van der Waals surface area contributed by atoms with Crippen LogP contribution in [0, 0.1) is 0 Å². The summed E-state index contributed by atoms with van der Waals surface area (Å²) in [6, 6.07) is 0. The summed E-state index contributed by atoms with van der Waals surface area (Å²) in [5.74, 6) is 0. The third kappa shape index (κ3) is 23.7. The smallest absolute Gasteiger partial charge is 0.187 e. The Labute approximate surface area is 805 Å². The minimum atomic E-state index is -2.56. The standard InChI is InChI=1S/C78H130O65/c79-1-14-27(90)29(92)42(105)68(120-14)133-57-18(5-83)124-70(46(109)33(57)96)135-55-16(3-81)122-66(44(107)31(55)94)118-12-25-64-41(104)54(117)78(132-25)141-63-24(11-89)128-74(50(113)37(63)100)139-61-22(9-87)130-76(52(115)39(61)102)143-65-26(13-119-67-45(108)32(95)56(17(4-82)123-67)136-71-47(110)34(97)58(19(6-84)125-71)134-69-43(106)30(93)28(91)15(2-80)121-69)131-77(53(116)40(65)103)140-62-23(10-88)127-73(49(112)36(62)99)137-59-20(7-85)126-72(48(111)35(59)98)138-60-21(8-86)129-75(142-64)51(114)38(60)101/h14-117H,1-13H2/t14-,15-,16-,17-,18-,19-,20-,21-,22-,23-,24-,25-,26-,27+,28+,29+,30+,31-,32-,33-,34-,35-,36-,37-,38-,39-,40-,41-,42-,43-,44-,45-,46-,47-,48-,49-,50-,51-,52-,53-,54-,55-,56-,57+,58+,59-,60-,61-,62-,63-,64-,65-,66-,67-,68+,69+,70+,71+,72-,73-,74-,75-,76-,77-,78-/m1/s1. The molecule has 0 aromatic rings. The molecule has 65 heteroatoms. The van der Waals surface area contributed by atoms with Crippen LogP contribution in [0.15, 0.2) is 0 Å². The molecule has 27 aliphatic heterocycles. The Kier molecular flexibility index (Phi) is 40.4. The van der Waals surface area contributed by atoms with Gasteiger partial charge in [-0.15, -0.1) is 0 Å². The van der Waals surface area contributed by atoms with Crippen LogP contribution in [0.25, 0.3) is 0 Å². The molecule has 27 heterocycles. The van der Waals surface area contributed by atoms with Crippen LogP contribution in [-0.2, 0) is 123 Å². The summed E-state index contributed by atoms with van der Waals surface area (Å²) in [4.78, 5) is 0. The predicted molar refractivity (Wildman–Crippen MR) is 424 cm³/mol. The molecule has 27 fully saturated rings. The lowest BCUT2D eigenvalue weighted by molar-refractivity contribution is -0.401. The summed E-state index contributed by atoms with van der Waals surface area (Å²) in [5.41, 5.74) is 0. The summed E-state index contributed by atoms with van der Waals surface area (Å²) >= 11 is 0. The second-order valence-corrected chi connectivity index (χ2v) is 36.6. The van der Waals surface area contributed by atoms with Gasteiger partial charge in [0.2, 0.25) is 0 Å². The van der Waals surface area contributed by atoms with Gasteiger partial charge in [0.1, 0.15) is 317 Å². The van der Waals surface area contributed by atoms with E-state index in [4.69, 9.17) is 123 Å². The molecular weight excluding hydrogens is 1980 g/mol. The minimum absolute atomic E-state index is 0.924. The lowest BCUT2D eigenvalue weighted by Gasteiger charge is -2.50. The van der Waals surface area contributed by atoms with Crippen molar-refractivity contribution in [1.29, 1.82) is 0 Å². The van der Waals surface area contributed by atoms with Crippen molar-refractivity contribution in [3.05, 3.63) is 0 Å². The first-order valence-electron chi connectivity index (χ1n) is 45.7. The molecule has 832 valence electrons. The van der Waals surface area contributed by atoms with Crippen molar-refractivity contribution in [2.75, 3.05) is 85.9 Å². The van der Waals surface area contributed by atoms with E-state index in [2.05, 4.69) is 0 Å². The lowest BCUT2D eigenvalue weighted by Crippen LogP contribution is -2.68.